The van der Waals surface area contributed by atoms with E-state index in [1.807, 2.05) is 18.2 Å². The zero-order valence-electron chi connectivity index (χ0n) is 11.2. The molecule has 2 rings (SSSR count). The van der Waals surface area contributed by atoms with Crippen molar-refractivity contribution in [1.82, 2.24) is 4.98 Å². The maximum Gasteiger partial charge on any atom is 0.162 e. The monoisotopic (exact) mass is 263 g/mol. The molecule has 0 spiro atoms. The molecule has 0 aliphatic rings. The Morgan fingerprint density at radius 2 is 1.79 bits per heavy atom. The van der Waals surface area contributed by atoms with Gasteiger partial charge in [0.1, 0.15) is 0 Å². The van der Waals surface area contributed by atoms with Crippen LogP contribution in [0.5, 0.6) is 11.5 Å². The maximum atomic E-state index is 5.55. The van der Waals surface area contributed by atoms with Crippen molar-refractivity contribution in [2.24, 2.45) is 5.84 Å². The molecule has 6 nitrogen and oxygen atoms in total. The SMILES string of the molecule is COCc1cc(NN)c2cc(OC)c(OC)cc2n1. The molecule has 19 heavy (non-hydrogen) atoms. The van der Waals surface area contributed by atoms with Crippen molar-refractivity contribution in [3.05, 3.63) is 23.9 Å². The van der Waals surface area contributed by atoms with Crippen LogP contribution in [-0.2, 0) is 11.3 Å². The number of benzene rings is 1. The predicted octanol–water partition coefficient (Wildman–Crippen LogP) is 1.68. The first-order valence-electron chi connectivity index (χ1n) is 5.74. The van der Waals surface area contributed by atoms with Crippen LogP contribution in [0.1, 0.15) is 5.69 Å². The third-order valence-electron chi connectivity index (χ3n) is 2.81. The number of fused-ring (bicyclic) bond motifs is 1. The van der Waals surface area contributed by atoms with E-state index in [2.05, 4.69) is 10.4 Å². The number of rotatable bonds is 5. The molecule has 0 amide bonds. The van der Waals surface area contributed by atoms with Crippen LogP contribution in [0, 0.1) is 0 Å². The lowest BCUT2D eigenvalue weighted by molar-refractivity contribution is 0.182. The molecule has 0 saturated carbocycles. The summed E-state index contributed by atoms with van der Waals surface area (Å²) in [4.78, 5) is 4.50. The van der Waals surface area contributed by atoms with E-state index in [0.29, 0.717) is 18.1 Å². The van der Waals surface area contributed by atoms with E-state index in [-0.39, 0.29) is 0 Å². The van der Waals surface area contributed by atoms with Crippen LogP contribution in [-0.4, -0.2) is 26.3 Å². The fourth-order valence-corrected chi connectivity index (χ4v) is 1.95. The Bertz CT molecular complexity index is 587. The van der Waals surface area contributed by atoms with Gasteiger partial charge < -0.3 is 19.6 Å². The summed E-state index contributed by atoms with van der Waals surface area (Å²) >= 11 is 0. The summed E-state index contributed by atoms with van der Waals surface area (Å²) in [7, 11) is 4.80. The Kier molecular flexibility index (Phi) is 4.03. The molecule has 6 heteroatoms. The van der Waals surface area contributed by atoms with Crippen molar-refractivity contribution in [3.8, 4) is 11.5 Å². The molecular weight excluding hydrogens is 246 g/mol. The van der Waals surface area contributed by atoms with Crippen LogP contribution in [0.25, 0.3) is 10.9 Å². The highest BCUT2D eigenvalue weighted by molar-refractivity contribution is 5.93. The Labute approximate surface area is 111 Å². The van der Waals surface area contributed by atoms with E-state index in [4.69, 9.17) is 20.1 Å². The molecule has 0 fully saturated rings. The standard InChI is InChI=1S/C13H17N3O3/c1-17-7-8-4-11(16-14)9-5-12(18-2)13(19-3)6-10(9)15-8/h4-6H,7,14H2,1-3H3,(H,15,16). The largest absolute Gasteiger partial charge is 0.493 e. The number of hydrogen-bond donors (Lipinski definition) is 2. The normalized spacial score (nSPS) is 10.5. The Morgan fingerprint density at radius 1 is 1.11 bits per heavy atom. The van der Waals surface area contributed by atoms with Gasteiger partial charge >= 0.3 is 0 Å². The average Bonchev–Trinajstić information content (AvgIpc) is 2.45. The zero-order valence-corrected chi connectivity index (χ0v) is 11.2. The minimum absolute atomic E-state index is 0.416. The highest BCUT2D eigenvalue weighted by atomic mass is 16.5. The third kappa shape index (κ3) is 2.54. The first kappa shape index (κ1) is 13.4. The second kappa shape index (κ2) is 5.73. The number of nitrogens with one attached hydrogen (secondary N) is 1. The quantitative estimate of drug-likeness (QED) is 0.631. The summed E-state index contributed by atoms with van der Waals surface area (Å²) in [5, 5.41) is 0.861. The molecule has 0 atom stereocenters. The second-order valence-corrected chi connectivity index (χ2v) is 3.96. The summed E-state index contributed by atoms with van der Waals surface area (Å²) in [5.74, 6) is 6.81. The molecule has 1 aromatic carbocycles. The molecule has 0 radical (unpaired) electrons. The van der Waals surface area contributed by atoms with Gasteiger partial charge in [0.05, 0.1) is 37.7 Å². The topological polar surface area (TPSA) is 78.6 Å². The predicted molar refractivity (Wildman–Crippen MR) is 73.4 cm³/mol. The number of aromatic nitrogens is 1. The van der Waals surface area contributed by atoms with E-state index in [0.717, 1.165) is 22.3 Å². The number of nitrogens with zero attached hydrogens (tertiary/aromatic N) is 1. The number of ether oxygens (including phenoxy) is 3. The molecule has 0 unspecified atom stereocenters. The summed E-state index contributed by atoms with van der Waals surface area (Å²) < 4.78 is 15.6. The maximum absolute atomic E-state index is 5.55. The lowest BCUT2D eigenvalue weighted by atomic mass is 10.1. The smallest absolute Gasteiger partial charge is 0.162 e. The molecule has 102 valence electrons. The number of nitrogens with two attached hydrogens (primary N) is 1. The number of anilines is 1. The van der Waals surface area contributed by atoms with Crippen molar-refractivity contribution in [2.75, 3.05) is 26.8 Å². The van der Waals surface area contributed by atoms with Gasteiger partial charge in [-0.05, 0) is 12.1 Å². The third-order valence-corrected chi connectivity index (χ3v) is 2.81. The van der Waals surface area contributed by atoms with Gasteiger partial charge in [0.25, 0.3) is 0 Å². The number of hydrogen-bond acceptors (Lipinski definition) is 6. The molecule has 2 aromatic rings. The van der Waals surface area contributed by atoms with E-state index < -0.39 is 0 Å². The van der Waals surface area contributed by atoms with E-state index in [9.17, 15) is 0 Å². The summed E-state index contributed by atoms with van der Waals surface area (Å²) in [5.41, 5.74) is 4.98. The highest BCUT2D eigenvalue weighted by Crippen LogP contribution is 2.34. The van der Waals surface area contributed by atoms with Gasteiger partial charge in [0.15, 0.2) is 11.5 Å². The van der Waals surface area contributed by atoms with Gasteiger partial charge in [-0.25, -0.2) is 0 Å². The fourth-order valence-electron chi connectivity index (χ4n) is 1.95. The van der Waals surface area contributed by atoms with Gasteiger partial charge in [0, 0.05) is 18.6 Å². The second-order valence-electron chi connectivity index (χ2n) is 3.96. The molecule has 3 N–H and O–H groups in total. The first-order chi connectivity index (χ1) is 9.23. The van der Waals surface area contributed by atoms with Crippen molar-refractivity contribution in [2.45, 2.75) is 6.61 Å². The lowest BCUT2D eigenvalue weighted by Crippen LogP contribution is -2.09. The van der Waals surface area contributed by atoms with Crippen LogP contribution < -0.4 is 20.7 Å². The van der Waals surface area contributed by atoms with Crippen molar-refractivity contribution in [1.29, 1.82) is 0 Å². The molecule has 0 bridgehead atoms. The van der Waals surface area contributed by atoms with Crippen molar-refractivity contribution < 1.29 is 14.2 Å². The highest BCUT2D eigenvalue weighted by Gasteiger charge is 2.11. The first-order valence-corrected chi connectivity index (χ1v) is 5.74. The summed E-state index contributed by atoms with van der Waals surface area (Å²) in [6.45, 7) is 0.416. The lowest BCUT2D eigenvalue weighted by Gasteiger charge is -2.12. The number of methoxy groups -OCH3 is 3. The van der Waals surface area contributed by atoms with Crippen LogP contribution in [0.4, 0.5) is 5.69 Å². The van der Waals surface area contributed by atoms with Crippen LogP contribution in [0.2, 0.25) is 0 Å². The summed E-state index contributed by atoms with van der Waals surface area (Å²) in [6.07, 6.45) is 0. The fraction of sp³-hybridized carbons (Fsp3) is 0.308. The number of hydrazine groups is 1. The molecule has 0 saturated heterocycles. The van der Waals surface area contributed by atoms with E-state index >= 15 is 0 Å². The summed E-state index contributed by atoms with van der Waals surface area (Å²) in [6, 6.07) is 5.50. The van der Waals surface area contributed by atoms with Gasteiger partial charge in [0.2, 0.25) is 0 Å². The Hall–Kier alpha value is -2.05. The minimum Gasteiger partial charge on any atom is -0.493 e. The van der Waals surface area contributed by atoms with Crippen LogP contribution in [0.15, 0.2) is 18.2 Å². The minimum atomic E-state index is 0.416. The average molecular weight is 263 g/mol. The van der Waals surface area contributed by atoms with Crippen molar-refractivity contribution >= 4 is 16.6 Å². The van der Waals surface area contributed by atoms with Gasteiger partial charge in [-0.1, -0.05) is 0 Å². The molecule has 0 aliphatic heterocycles. The van der Waals surface area contributed by atoms with E-state index in [1.165, 1.54) is 0 Å². The molecule has 1 heterocycles. The van der Waals surface area contributed by atoms with Gasteiger partial charge in [-0.3, -0.25) is 10.8 Å². The Balaban J connectivity index is 2.67. The van der Waals surface area contributed by atoms with Crippen LogP contribution in [0.3, 0.4) is 0 Å². The van der Waals surface area contributed by atoms with Gasteiger partial charge in [-0.15, -0.1) is 0 Å². The molecular formula is C13H17N3O3. The number of pyridine rings is 1. The Morgan fingerprint density at radius 3 is 2.37 bits per heavy atom. The van der Waals surface area contributed by atoms with Crippen molar-refractivity contribution in [3.63, 3.8) is 0 Å². The zero-order chi connectivity index (χ0) is 13.8. The molecule has 1 aromatic heterocycles. The molecule has 0 aliphatic carbocycles. The van der Waals surface area contributed by atoms with E-state index in [1.54, 1.807) is 21.3 Å². The number of nitrogen functional groups attached to an aromatic ring is 1. The van der Waals surface area contributed by atoms with Gasteiger partial charge in [-0.2, -0.15) is 0 Å². The van der Waals surface area contributed by atoms with Crippen LogP contribution >= 0.6 is 0 Å².